The van der Waals surface area contributed by atoms with Crippen LogP contribution in [-0.2, 0) is 19.1 Å². The Labute approximate surface area is 170 Å². The van der Waals surface area contributed by atoms with Gasteiger partial charge in [-0.2, -0.15) is 0 Å². The highest BCUT2D eigenvalue weighted by Gasteiger charge is 2.44. The molecule has 2 aromatic rings. The number of benzene rings is 2. The Morgan fingerprint density at radius 3 is 2.41 bits per heavy atom. The topological polar surface area (TPSA) is 72.9 Å². The van der Waals surface area contributed by atoms with Gasteiger partial charge in [-0.05, 0) is 56.2 Å². The van der Waals surface area contributed by atoms with Crippen molar-refractivity contribution in [3.8, 4) is 0 Å². The van der Waals surface area contributed by atoms with Crippen molar-refractivity contribution >= 4 is 29.6 Å². The van der Waals surface area contributed by atoms with Crippen molar-refractivity contribution in [3.05, 3.63) is 59.7 Å². The Kier molecular flexibility index (Phi) is 6.65. The van der Waals surface area contributed by atoms with Crippen molar-refractivity contribution in [2.45, 2.75) is 38.6 Å². The van der Waals surface area contributed by atoms with Crippen molar-refractivity contribution < 1.29 is 23.9 Å². The number of rotatable bonds is 8. The molecule has 0 aliphatic carbocycles. The first-order valence-corrected chi connectivity index (χ1v) is 9.86. The molecule has 0 fully saturated rings. The maximum atomic E-state index is 13.0. The molecule has 0 saturated carbocycles. The molecule has 0 aromatic heterocycles. The largest absolute Gasteiger partial charge is 0.466 e. The lowest BCUT2D eigenvalue weighted by Gasteiger charge is -2.28. The average molecular weight is 395 g/mol. The molecular formula is C23H25NO5. The smallest absolute Gasteiger partial charge is 0.329 e. The number of anilines is 2. The van der Waals surface area contributed by atoms with E-state index in [1.54, 1.807) is 26.0 Å². The number of fused-ring (bicyclic) bond motifs is 1. The summed E-state index contributed by atoms with van der Waals surface area (Å²) < 4.78 is 10.4. The number of para-hydroxylation sites is 1. The zero-order valence-corrected chi connectivity index (χ0v) is 16.7. The van der Waals surface area contributed by atoms with E-state index in [0.29, 0.717) is 18.6 Å². The van der Waals surface area contributed by atoms with Gasteiger partial charge in [-0.15, -0.1) is 0 Å². The second-order valence-corrected chi connectivity index (χ2v) is 6.79. The highest BCUT2D eigenvalue weighted by atomic mass is 16.5. The molecule has 152 valence electrons. The van der Waals surface area contributed by atoms with Crippen molar-refractivity contribution in [2.24, 2.45) is 0 Å². The minimum atomic E-state index is -0.622. The SMILES string of the molecule is CCOC(=O)CCC1c2cc(C=O)ccc2N(c2ccccc2)C1C(=O)OCC. The van der Waals surface area contributed by atoms with E-state index in [4.69, 9.17) is 9.47 Å². The molecule has 1 aliphatic heterocycles. The van der Waals surface area contributed by atoms with Crippen molar-refractivity contribution in [3.63, 3.8) is 0 Å². The van der Waals surface area contributed by atoms with Crippen LogP contribution in [0.1, 0.15) is 48.5 Å². The van der Waals surface area contributed by atoms with Crippen LogP contribution in [0.5, 0.6) is 0 Å². The third kappa shape index (κ3) is 4.31. The van der Waals surface area contributed by atoms with E-state index in [-0.39, 0.29) is 30.9 Å². The quantitative estimate of drug-likeness (QED) is 0.497. The Morgan fingerprint density at radius 1 is 1.03 bits per heavy atom. The van der Waals surface area contributed by atoms with Crippen LogP contribution in [0.25, 0.3) is 0 Å². The van der Waals surface area contributed by atoms with Crippen LogP contribution < -0.4 is 4.90 Å². The van der Waals surface area contributed by atoms with Gasteiger partial charge < -0.3 is 14.4 Å². The third-order valence-electron chi connectivity index (χ3n) is 5.03. The van der Waals surface area contributed by atoms with Crippen LogP contribution in [-0.4, -0.2) is 37.5 Å². The zero-order chi connectivity index (χ0) is 20.8. The van der Waals surface area contributed by atoms with Gasteiger partial charge in [0.25, 0.3) is 0 Å². The fourth-order valence-corrected chi connectivity index (χ4v) is 3.87. The summed E-state index contributed by atoms with van der Waals surface area (Å²) in [6.07, 6.45) is 1.38. The van der Waals surface area contributed by atoms with Gasteiger partial charge in [0.15, 0.2) is 0 Å². The highest BCUT2D eigenvalue weighted by molar-refractivity contribution is 5.91. The second kappa shape index (κ2) is 9.37. The van der Waals surface area contributed by atoms with Crippen LogP contribution in [0.3, 0.4) is 0 Å². The fourth-order valence-electron chi connectivity index (χ4n) is 3.87. The van der Waals surface area contributed by atoms with Crippen molar-refractivity contribution in [1.82, 2.24) is 0 Å². The van der Waals surface area contributed by atoms with Gasteiger partial charge in [0.2, 0.25) is 0 Å². The van der Waals surface area contributed by atoms with Crippen molar-refractivity contribution in [1.29, 1.82) is 0 Å². The van der Waals surface area contributed by atoms with E-state index in [1.165, 1.54) is 0 Å². The summed E-state index contributed by atoms with van der Waals surface area (Å²) in [6, 6.07) is 14.3. The molecule has 6 nitrogen and oxygen atoms in total. The summed E-state index contributed by atoms with van der Waals surface area (Å²) in [5, 5.41) is 0. The van der Waals surface area contributed by atoms with Gasteiger partial charge >= 0.3 is 11.9 Å². The van der Waals surface area contributed by atoms with Crippen LogP contribution in [0.2, 0.25) is 0 Å². The average Bonchev–Trinajstić information content (AvgIpc) is 3.06. The molecule has 0 N–H and O–H groups in total. The van der Waals surface area contributed by atoms with E-state index in [9.17, 15) is 14.4 Å². The molecule has 6 heteroatoms. The molecule has 1 aliphatic rings. The lowest BCUT2D eigenvalue weighted by atomic mass is 9.89. The summed E-state index contributed by atoms with van der Waals surface area (Å²) in [5.74, 6) is -0.955. The Balaban J connectivity index is 2.06. The lowest BCUT2D eigenvalue weighted by molar-refractivity contribution is -0.146. The van der Waals surface area contributed by atoms with E-state index in [0.717, 1.165) is 23.2 Å². The van der Waals surface area contributed by atoms with Crippen LogP contribution >= 0.6 is 0 Å². The number of aldehydes is 1. The van der Waals surface area contributed by atoms with Gasteiger partial charge in [-0.25, -0.2) is 4.79 Å². The van der Waals surface area contributed by atoms with Crippen LogP contribution in [0.15, 0.2) is 48.5 Å². The number of hydrogen-bond donors (Lipinski definition) is 0. The third-order valence-corrected chi connectivity index (χ3v) is 5.03. The van der Waals surface area contributed by atoms with E-state index < -0.39 is 6.04 Å². The molecule has 2 aromatic carbocycles. The highest BCUT2D eigenvalue weighted by Crippen LogP contribution is 2.47. The Hall–Kier alpha value is -3.15. The van der Waals surface area contributed by atoms with Crippen LogP contribution in [0.4, 0.5) is 11.4 Å². The molecule has 0 amide bonds. The second-order valence-electron chi connectivity index (χ2n) is 6.79. The number of nitrogens with zero attached hydrogens (tertiary/aromatic N) is 1. The van der Waals surface area contributed by atoms with Crippen LogP contribution in [0, 0.1) is 0 Å². The Morgan fingerprint density at radius 2 is 1.76 bits per heavy atom. The number of carbonyl (C=O) groups excluding carboxylic acids is 3. The molecule has 0 radical (unpaired) electrons. The first-order valence-electron chi connectivity index (χ1n) is 9.86. The monoisotopic (exact) mass is 395 g/mol. The molecule has 0 saturated heterocycles. The summed E-state index contributed by atoms with van der Waals surface area (Å²) in [7, 11) is 0. The minimum Gasteiger partial charge on any atom is -0.466 e. The molecule has 29 heavy (non-hydrogen) atoms. The summed E-state index contributed by atoms with van der Waals surface area (Å²) >= 11 is 0. The number of hydrogen-bond acceptors (Lipinski definition) is 6. The van der Waals surface area contributed by atoms with Gasteiger partial charge in [0.05, 0.1) is 13.2 Å². The maximum Gasteiger partial charge on any atom is 0.329 e. The summed E-state index contributed by atoms with van der Waals surface area (Å²) in [6.45, 7) is 4.11. The molecular weight excluding hydrogens is 370 g/mol. The van der Waals surface area contributed by atoms with E-state index in [1.807, 2.05) is 41.3 Å². The molecule has 2 unspecified atom stereocenters. The Bertz CT molecular complexity index is 880. The number of carbonyl (C=O) groups is 3. The predicted octanol–water partition coefficient (Wildman–Crippen LogP) is 4.01. The maximum absolute atomic E-state index is 13.0. The minimum absolute atomic E-state index is 0.182. The van der Waals surface area contributed by atoms with Gasteiger partial charge in [0, 0.05) is 29.3 Å². The standard InChI is InChI=1S/C23H25NO5/c1-3-28-21(26)13-11-18-19-14-16(15-25)10-12-20(19)24(17-8-6-5-7-9-17)22(18)23(27)29-4-2/h5-10,12,14-15,18,22H,3-4,11,13H2,1-2H3. The van der Waals surface area contributed by atoms with E-state index in [2.05, 4.69) is 0 Å². The molecule has 0 spiro atoms. The fraction of sp³-hybridized carbons (Fsp3) is 0.348. The lowest BCUT2D eigenvalue weighted by Crippen LogP contribution is -2.39. The first kappa shape index (κ1) is 20.6. The van der Waals surface area contributed by atoms with Gasteiger partial charge in [0.1, 0.15) is 12.3 Å². The van der Waals surface area contributed by atoms with Crippen molar-refractivity contribution in [2.75, 3.05) is 18.1 Å². The summed E-state index contributed by atoms with van der Waals surface area (Å²) in [5.41, 5.74) is 3.08. The van der Waals surface area contributed by atoms with E-state index >= 15 is 0 Å². The molecule has 2 atom stereocenters. The van der Waals surface area contributed by atoms with Gasteiger partial charge in [-0.1, -0.05) is 18.2 Å². The summed E-state index contributed by atoms with van der Waals surface area (Å²) in [4.78, 5) is 38.3. The number of ether oxygens (including phenoxy) is 2. The van der Waals surface area contributed by atoms with Gasteiger partial charge in [-0.3, -0.25) is 9.59 Å². The zero-order valence-electron chi connectivity index (χ0n) is 16.7. The normalized spacial score (nSPS) is 17.5. The number of esters is 2. The predicted molar refractivity (Wildman–Crippen MR) is 109 cm³/mol. The molecule has 0 bridgehead atoms. The molecule has 1 heterocycles. The first-order chi connectivity index (χ1) is 14.1. The molecule has 3 rings (SSSR count).